The predicted octanol–water partition coefficient (Wildman–Crippen LogP) is 6.34. The number of rotatable bonds is 12. The lowest BCUT2D eigenvalue weighted by molar-refractivity contribution is 0.212. The molecule has 1 unspecified atom stereocenters. The zero-order valence-corrected chi connectivity index (χ0v) is 14.2. The molecule has 0 aromatic carbocycles. The second-order valence-electron chi connectivity index (χ2n) is 5.72. The molecular weight excluding hydrogens is 232 g/mol. The maximum absolute atomic E-state index is 8.75. The maximum Gasteiger partial charge on any atom is 0.0459 e. The molecule has 0 fully saturated rings. The normalized spacial score (nSPS) is 11.8. The Balaban J connectivity index is 0. The van der Waals surface area contributed by atoms with Crippen molar-refractivity contribution in [3.8, 4) is 0 Å². The van der Waals surface area contributed by atoms with E-state index < -0.39 is 0 Å². The Morgan fingerprint density at radius 2 is 1.05 bits per heavy atom. The van der Waals surface area contributed by atoms with Crippen molar-refractivity contribution in [3.63, 3.8) is 0 Å². The Bertz CT molecular complexity index is 122. The summed E-state index contributed by atoms with van der Waals surface area (Å²) >= 11 is 0. The third-order valence-corrected chi connectivity index (χ3v) is 3.76. The molecule has 0 aliphatic carbocycles. The standard InChI is InChI=1S/C10H22.C8H18O/c1-3-5-7-9-10-8-6-4-2;1-3-5-6-8(4-2)7-9/h3-10H2,1-2H3;8-9H,3-7H2,1-2H3. The van der Waals surface area contributed by atoms with E-state index in [0.29, 0.717) is 12.5 Å². The van der Waals surface area contributed by atoms with Crippen LogP contribution >= 0.6 is 0 Å². The van der Waals surface area contributed by atoms with Crippen molar-refractivity contribution in [2.24, 2.45) is 5.92 Å². The van der Waals surface area contributed by atoms with E-state index in [1.54, 1.807) is 0 Å². The fourth-order valence-corrected chi connectivity index (χ4v) is 2.12. The van der Waals surface area contributed by atoms with Gasteiger partial charge in [0.15, 0.2) is 0 Å². The van der Waals surface area contributed by atoms with Crippen molar-refractivity contribution in [1.82, 2.24) is 0 Å². The molecular formula is C18H40O. The zero-order valence-electron chi connectivity index (χ0n) is 14.2. The van der Waals surface area contributed by atoms with E-state index in [-0.39, 0.29) is 0 Å². The summed E-state index contributed by atoms with van der Waals surface area (Å²) in [7, 11) is 0. The minimum Gasteiger partial charge on any atom is -0.396 e. The maximum atomic E-state index is 8.75. The predicted molar refractivity (Wildman–Crippen MR) is 88.7 cm³/mol. The van der Waals surface area contributed by atoms with Crippen LogP contribution in [0.25, 0.3) is 0 Å². The third-order valence-electron chi connectivity index (χ3n) is 3.76. The van der Waals surface area contributed by atoms with Gasteiger partial charge >= 0.3 is 0 Å². The van der Waals surface area contributed by atoms with Crippen molar-refractivity contribution in [1.29, 1.82) is 0 Å². The zero-order chi connectivity index (χ0) is 14.8. The highest BCUT2D eigenvalue weighted by molar-refractivity contribution is 4.53. The molecule has 0 radical (unpaired) electrons. The van der Waals surface area contributed by atoms with Crippen LogP contribution in [0.3, 0.4) is 0 Å². The van der Waals surface area contributed by atoms with Crippen LogP contribution in [-0.4, -0.2) is 11.7 Å². The number of hydrogen-bond donors (Lipinski definition) is 1. The van der Waals surface area contributed by atoms with Gasteiger partial charge < -0.3 is 5.11 Å². The van der Waals surface area contributed by atoms with E-state index in [1.807, 2.05) is 0 Å². The molecule has 0 aliphatic heterocycles. The molecule has 0 aromatic heterocycles. The highest BCUT2D eigenvalue weighted by atomic mass is 16.3. The van der Waals surface area contributed by atoms with Crippen LogP contribution in [0.5, 0.6) is 0 Å². The monoisotopic (exact) mass is 272 g/mol. The molecule has 0 bridgehead atoms. The minimum atomic E-state index is 0.372. The van der Waals surface area contributed by atoms with Gasteiger partial charge in [-0.25, -0.2) is 0 Å². The molecule has 1 N–H and O–H groups in total. The molecule has 0 amide bonds. The number of hydrogen-bond acceptors (Lipinski definition) is 1. The second-order valence-corrected chi connectivity index (χ2v) is 5.72. The highest BCUT2D eigenvalue weighted by Gasteiger charge is 2.01. The van der Waals surface area contributed by atoms with Crippen LogP contribution in [0, 0.1) is 5.92 Å². The first kappa shape index (κ1) is 21.3. The van der Waals surface area contributed by atoms with Crippen LogP contribution in [0.15, 0.2) is 0 Å². The van der Waals surface area contributed by atoms with Gasteiger partial charge in [0, 0.05) is 6.61 Å². The first-order valence-corrected chi connectivity index (χ1v) is 8.87. The molecule has 0 heterocycles. The highest BCUT2D eigenvalue weighted by Crippen LogP contribution is 2.10. The summed E-state index contributed by atoms with van der Waals surface area (Å²) < 4.78 is 0. The quantitative estimate of drug-likeness (QED) is 0.411. The van der Waals surface area contributed by atoms with Gasteiger partial charge in [-0.05, 0) is 12.3 Å². The van der Waals surface area contributed by atoms with E-state index in [1.165, 1.54) is 70.6 Å². The largest absolute Gasteiger partial charge is 0.396 e. The molecule has 19 heavy (non-hydrogen) atoms. The van der Waals surface area contributed by atoms with Gasteiger partial charge in [-0.2, -0.15) is 0 Å². The summed E-state index contributed by atoms with van der Waals surface area (Å²) in [4.78, 5) is 0. The summed E-state index contributed by atoms with van der Waals surface area (Å²) in [5, 5.41) is 8.75. The topological polar surface area (TPSA) is 20.2 Å². The Morgan fingerprint density at radius 3 is 1.37 bits per heavy atom. The summed E-state index contributed by atoms with van der Waals surface area (Å²) in [5.41, 5.74) is 0. The van der Waals surface area contributed by atoms with E-state index in [2.05, 4.69) is 27.7 Å². The second kappa shape index (κ2) is 20.3. The Labute approximate surface area is 123 Å². The summed E-state index contributed by atoms with van der Waals surface area (Å²) in [6.45, 7) is 9.23. The van der Waals surface area contributed by atoms with E-state index in [4.69, 9.17) is 5.11 Å². The Hall–Kier alpha value is -0.0400. The van der Waals surface area contributed by atoms with Gasteiger partial charge in [0.2, 0.25) is 0 Å². The SMILES string of the molecule is CCCCC(CC)CO.CCCCCCCCCC. The van der Waals surface area contributed by atoms with Crippen molar-refractivity contribution < 1.29 is 5.11 Å². The molecule has 0 aliphatic rings. The average Bonchev–Trinajstić information content (AvgIpc) is 2.45. The molecule has 0 rings (SSSR count). The Morgan fingerprint density at radius 1 is 0.632 bits per heavy atom. The third kappa shape index (κ3) is 20.4. The lowest BCUT2D eigenvalue weighted by Gasteiger charge is -2.08. The van der Waals surface area contributed by atoms with Gasteiger partial charge in [0.1, 0.15) is 0 Å². The van der Waals surface area contributed by atoms with Crippen LogP contribution < -0.4 is 0 Å². The molecule has 0 spiro atoms. The van der Waals surface area contributed by atoms with Crippen molar-refractivity contribution in [2.75, 3.05) is 6.61 Å². The van der Waals surface area contributed by atoms with Crippen LogP contribution in [0.2, 0.25) is 0 Å². The van der Waals surface area contributed by atoms with E-state index in [0.717, 1.165) is 6.42 Å². The number of unbranched alkanes of at least 4 members (excludes halogenated alkanes) is 8. The smallest absolute Gasteiger partial charge is 0.0459 e. The van der Waals surface area contributed by atoms with Gasteiger partial charge in [-0.15, -0.1) is 0 Å². The summed E-state index contributed by atoms with van der Waals surface area (Å²) in [6.07, 6.45) is 16.3. The van der Waals surface area contributed by atoms with Gasteiger partial charge in [0.25, 0.3) is 0 Å². The Kier molecular flexibility index (Phi) is 22.7. The van der Waals surface area contributed by atoms with Gasteiger partial charge in [-0.1, -0.05) is 98.3 Å². The van der Waals surface area contributed by atoms with Crippen molar-refractivity contribution in [3.05, 3.63) is 0 Å². The molecule has 1 atom stereocenters. The lowest BCUT2D eigenvalue weighted by Crippen LogP contribution is -2.03. The van der Waals surface area contributed by atoms with Crippen LogP contribution in [-0.2, 0) is 0 Å². The first-order valence-electron chi connectivity index (χ1n) is 8.87. The van der Waals surface area contributed by atoms with Crippen molar-refractivity contribution >= 4 is 0 Å². The van der Waals surface area contributed by atoms with Crippen LogP contribution in [0.1, 0.15) is 105 Å². The summed E-state index contributed by atoms with van der Waals surface area (Å²) in [6, 6.07) is 0. The van der Waals surface area contributed by atoms with E-state index >= 15 is 0 Å². The molecule has 1 heteroatoms. The number of aliphatic hydroxyl groups excluding tert-OH is 1. The van der Waals surface area contributed by atoms with Crippen LogP contribution in [0.4, 0.5) is 0 Å². The fourth-order valence-electron chi connectivity index (χ4n) is 2.12. The van der Waals surface area contributed by atoms with Gasteiger partial charge in [0.05, 0.1) is 0 Å². The van der Waals surface area contributed by atoms with E-state index in [9.17, 15) is 0 Å². The minimum absolute atomic E-state index is 0.372. The molecule has 1 nitrogen and oxygen atoms in total. The van der Waals surface area contributed by atoms with Crippen molar-refractivity contribution in [2.45, 2.75) is 105 Å². The van der Waals surface area contributed by atoms with Gasteiger partial charge in [-0.3, -0.25) is 0 Å². The fraction of sp³-hybridized carbons (Fsp3) is 1.00. The molecule has 0 aromatic rings. The first-order chi connectivity index (χ1) is 9.26. The summed E-state index contributed by atoms with van der Waals surface area (Å²) in [5.74, 6) is 0.560. The molecule has 0 saturated carbocycles. The number of aliphatic hydroxyl groups is 1. The average molecular weight is 273 g/mol. The lowest BCUT2D eigenvalue weighted by atomic mass is 10.0. The molecule has 118 valence electrons. The molecule has 0 saturated heterocycles.